The summed E-state index contributed by atoms with van der Waals surface area (Å²) in [5, 5.41) is 12.1. The normalized spacial score (nSPS) is 21.7. The third-order valence-corrected chi connectivity index (χ3v) is 9.74. The Balaban J connectivity index is 1.82. The van der Waals surface area contributed by atoms with E-state index in [1.807, 2.05) is 0 Å². The summed E-state index contributed by atoms with van der Waals surface area (Å²) in [4.78, 5) is 51.0. The van der Waals surface area contributed by atoms with E-state index < -0.39 is 67.7 Å². The predicted octanol–water partition coefficient (Wildman–Crippen LogP) is 0.561. The van der Waals surface area contributed by atoms with Crippen LogP contribution >= 0.6 is 11.8 Å². The number of sulfone groups is 1. The van der Waals surface area contributed by atoms with Crippen LogP contribution in [0.2, 0.25) is 0 Å². The van der Waals surface area contributed by atoms with Gasteiger partial charge in [-0.15, -0.1) is 5.10 Å². The lowest BCUT2D eigenvalue weighted by atomic mass is 10.0. The lowest BCUT2D eigenvalue weighted by Crippen LogP contribution is -2.76. The van der Waals surface area contributed by atoms with E-state index >= 15 is 0 Å². The van der Waals surface area contributed by atoms with E-state index in [4.69, 9.17) is 14.2 Å². The minimum Gasteiger partial charge on any atom is -0.464 e. The zero-order chi connectivity index (χ0) is 29.4. The van der Waals surface area contributed by atoms with E-state index in [2.05, 4.69) is 20.8 Å². The number of benzene rings is 1. The SMILES string of the molecule is COC(=O)C1=C(COC(C)=O)[C@@H](Sc2nnnn2-c2ccccc2)S(=O)(=O)[C@@H]2[C@H](NC(=O)OC(C)(C)C)C(=O)N12. The number of aromatic nitrogens is 4. The molecule has 2 aliphatic rings. The molecule has 1 aromatic heterocycles. The first-order valence-electron chi connectivity index (χ1n) is 11.8. The van der Waals surface area contributed by atoms with Crippen molar-refractivity contribution in [1.82, 2.24) is 30.4 Å². The highest BCUT2D eigenvalue weighted by atomic mass is 32.3. The van der Waals surface area contributed by atoms with E-state index in [0.717, 1.165) is 18.9 Å². The van der Waals surface area contributed by atoms with Gasteiger partial charge in [-0.1, -0.05) is 30.0 Å². The monoisotopic (exact) mass is 594 g/mol. The molecule has 0 unspecified atom stereocenters. The van der Waals surface area contributed by atoms with Crippen molar-refractivity contribution in [2.45, 2.75) is 54.5 Å². The van der Waals surface area contributed by atoms with Gasteiger partial charge in [-0.25, -0.2) is 18.0 Å². The van der Waals surface area contributed by atoms with Crippen molar-refractivity contribution in [2.75, 3.05) is 13.7 Å². The number of β-lactam (4-membered cyclic amide) rings is 1. The van der Waals surface area contributed by atoms with Crippen molar-refractivity contribution >= 4 is 45.5 Å². The molecule has 2 amide bonds. The lowest BCUT2D eigenvalue weighted by molar-refractivity contribution is -0.151. The maximum atomic E-state index is 14.1. The number of nitrogens with zero attached hydrogens (tertiary/aromatic N) is 5. The summed E-state index contributed by atoms with van der Waals surface area (Å²) < 4.78 is 42.9. The largest absolute Gasteiger partial charge is 0.464 e. The summed E-state index contributed by atoms with van der Waals surface area (Å²) >= 11 is 0.663. The van der Waals surface area contributed by atoms with Gasteiger partial charge in [-0.3, -0.25) is 14.5 Å². The van der Waals surface area contributed by atoms with Crippen LogP contribution in [0.4, 0.5) is 4.79 Å². The molecule has 1 N–H and O–H groups in total. The Bertz CT molecular complexity index is 1480. The highest BCUT2D eigenvalue weighted by Gasteiger charge is 2.64. The Labute approximate surface area is 233 Å². The number of para-hydroxylation sites is 1. The van der Waals surface area contributed by atoms with Crippen LogP contribution in [0.5, 0.6) is 0 Å². The topological polar surface area (TPSA) is 189 Å². The minimum atomic E-state index is -4.45. The number of alkyl carbamates (subject to hydrolysis) is 1. The van der Waals surface area contributed by atoms with Crippen molar-refractivity contribution in [3.63, 3.8) is 0 Å². The fraction of sp³-hybridized carbons (Fsp3) is 0.435. The summed E-state index contributed by atoms with van der Waals surface area (Å²) in [5.74, 6) is -2.69. The first-order chi connectivity index (χ1) is 18.8. The molecule has 15 nitrogen and oxygen atoms in total. The zero-order valence-electron chi connectivity index (χ0n) is 22.1. The molecule has 2 aliphatic heterocycles. The number of carbonyl (C=O) groups excluding carboxylic acids is 4. The number of nitrogens with one attached hydrogen (secondary N) is 1. The van der Waals surface area contributed by atoms with Crippen LogP contribution in [-0.2, 0) is 38.4 Å². The van der Waals surface area contributed by atoms with Gasteiger partial charge in [-0.05, 0) is 43.3 Å². The molecule has 1 aromatic carbocycles. The van der Waals surface area contributed by atoms with Gasteiger partial charge >= 0.3 is 18.0 Å². The number of esters is 2. The molecule has 17 heteroatoms. The highest BCUT2D eigenvalue weighted by molar-refractivity contribution is 8.14. The van der Waals surface area contributed by atoms with Crippen LogP contribution in [0.1, 0.15) is 27.7 Å². The Hall–Kier alpha value is -3.99. The van der Waals surface area contributed by atoms with Crippen molar-refractivity contribution in [3.8, 4) is 5.69 Å². The fourth-order valence-electron chi connectivity index (χ4n) is 4.06. The molecule has 0 radical (unpaired) electrons. The van der Waals surface area contributed by atoms with Gasteiger partial charge in [0.05, 0.1) is 12.8 Å². The summed E-state index contributed by atoms with van der Waals surface area (Å²) in [6.45, 7) is 5.25. The number of ether oxygens (including phenoxy) is 3. The molecule has 214 valence electrons. The molecule has 1 saturated heterocycles. The van der Waals surface area contributed by atoms with E-state index in [9.17, 15) is 27.6 Å². The third kappa shape index (κ3) is 5.51. The zero-order valence-corrected chi connectivity index (χ0v) is 23.7. The van der Waals surface area contributed by atoms with Crippen LogP contribution in [-0.4, -0.2) is 92.8 Å². The fourth-order valence-corrected chi connectivity index (χ4v) is 7.93. The average molecular weight is 595 g/mol. The van der Waals surface area contributed by atoms with Crippen LogP contribution < -0.4 is 5.32 Å². The standard InChI is InChI=1S/C23H26N6O9S2/c1-12(30)37-11-14-16(19(32)36-5)28-17(31)15(24-22(33)38-23(2,3)4)18(28)40(34,35)20(14)39-21-25-26-27-29(21)13-9-7-6-8-10-13/h6-10,15,18,20H,11H2,1-5H3,(H,24,33)/t15-,18-,20+/m1/s1. The Morgan fingerprint density at radius 2 is 1.82 bits per heavy atom. The molecule has 40 heavy (non-hydrogen) atoms. The van der Waals surface area contributed by atoms with Crippen molar-refractivity contribution in [3.05, 3.63) is 41.6 Å². The number of fused-ring (bicyclic) bond motifs is 1. The molecule has 0 bridgehead atoms. The molecule has 1 fully saturated rings. The Kier molecular flexibility index (Phi) is 7.89. The number of methoxy groups -OCH3 is 1. The number of carbonyl (C=O) groups is 4. The number of rotatable bonds is 7. The van der Waals surface area contributed by atoms with Gasteiger partial charge in [0.25, 0.3) is 5.91 Å². The lowest BCUT2D eigenvalue weighted by Gasteiger charge is -2.50. The van der Waals surface area contributed by atoms with E-state index in [-0.39, 0.29) is 10.7 Å². The molecule has 0 saturated carbocycles. The van der Waals surface area contributed by atoms with Crippen LogP contribution in [0, 0.1) is 0 Å². The van der Waals surface area contributed by atoms with Gasteiger partial charge in [0.2, 0.25) is 5.16 Å². The summed E-state index contributed by atoms with van der Waals surface area (Å²) in [6.07, 6.45) is -1.02. The maximum Gasteiger partial charge on any atom is 0.408 e. The maximum absolute atomic E-state index is 14.1. The van der Waals surface area contributed by atoms with E-state index in [1.165, 1.54) is 4.68 Å². The Morgan fingerprint density at radius 1 is 1.15 bits per heavy atom. The van der Waals surface area contributed by atoms with Gasteiger partial charge in [0.15, 0.2) is 15.2 Å². The molecular weight excluding hydrogens is 568 g/mol. The van der Waals surface area contributed by atoms with E-state index in [0.29, 0.717) is 17.4 Å². The summed E-state index contributed by atoms with van der Waals surface area (Å²) in [5.41, 5.74) is -1.06. The van der Waals surface area contributed by atoms with Gasteiger partial charge in [0, 0.05) is 12.5 Å². The second-order valence-corrected chi connectivity index (χ2v) is 13.1. The number of tetrazole rings is 1. The van der Waals surface area contributed by atoms with Crippen LogP contribution in [0.15, 0.2) is 46.8 Å². The molecular formula is C23H26N6O9S2. The second kappa shape index (κ2) is 10.9. The number of hydrogen-bond acceptors (Lipinski definition) is 13. The highest BCUT2D eigenvalue weighted by Crippen LogP contribution is 2.46. The first-order valence-corrected chi connectivity index (χ1v) is 14.3. The number of amides is 2. The molecule has 4 rings (SSSR count). The molecule has 3 atom stereocenters. The average Bonchev–Trinajstić information content (AvgIpc) is 3.34. The van der Waals surface area contributed by atoms with Crippen LogP contribution in [0.25, 0.3) is 5.69 Å². The van der Waals surface area contributed by atoms with Gasteiger partial charge < -0.3 is 19.5 Å². The molecule has 2 aromatic rings. The quantitative estimate of drug-likeness (QED) is 0.266. The smallest absolute Gasteiger partial charge is 0.408 e. The third-order valence-electron chi connectivity index (χ3n) is 5.64. The summed E-state index contributed by atoms with van der Waals surface area (Å²) in [6, 6.07) is 7.05. The van der Waals surface area contributed by atoms with Crippen molar-refractivity contribution in [1.29, 1.82) is 0 Å². The van der Waals surface area contributed by atoms with Gasteiger partial charge in [0.1, 0.15) is 28.5 Å². The van der Waals surface area contributed by atoms with Crippen molar-refractivity contribution < 1.29 is 41.8 Å². The number of thioether (sulfide) groups is 1. The van der Waals surface area contributed by atoms with E-state index in [1.54, 1.807) is 51.1 Å². The first kappa shape index (κ1) is 29.0. The van der Waals surface area contributed by atoms with Gasteiger partial charge in [-0.2, -0.15) is 4.68 Å². The predicted molar refractivity (Wildman–Crippen MR) is 137 cm³/mol. The molecule has 3 heterocycles. The molecule has 0 aliphatic carbocycles. The Morgan fingerprint density at radius 3 is 2.42 bits per heavy atom. The summed E-state index contributed by atoms with van der Waals surface area (Å²) in [7, 11) is -3.40. The van der Waals surface area contributed by atoms with Crippen molar-refractivity contribution in [2.24, 2.45) is 0 Å². The second-order valence-electron chi connectivity index (χ2n) is 9.62. The molecule has 0 spiro atoms. The van der Waals surface area contributed by atoms with Crippen LogP contribution in [0.3, 0.4) is 0 Å². The minimum absolute atomic E-state index is 0.0278. The number of hydrogen-bond donors (Lipinski definition) is 1.